The van der Waals surface area contributed by atoms with Crippen molar-refractivity contribution in [2.24, 2.45) is 0 Å². The highest BCUT2D eigenvalue weighted by Crippen LogP contribution is 2.29. The Balaban J connectivity index is 1.57. The highest BCUT2D eigenvalue weighted by molar-refractivity contribution is 6.30. The Bertz CT molecular complexity index is 925. The lowest BCUT2D eigenvalue weighted by atomic mass is 10.2. The van der Waals surface area contributed by atoms with E-state index in [1.165, 1.54) is 7.11 Å². The van der Waals surface area contributed by atoms with Crippen molar-refractivity contribution in [3.8, 4) is 23.0 Å². The molecule has 0 unspecified atom stereocenters. The first-order valence-electron chi connectivity index (χ1n) is 8.19. The SMILES string of the molecule is COc1ccc(NC(=O)CCc2nnc(-c3ccc(Cl)cc3)o2)cc1OC. The molecule has 3 aromatic rings. The number of carbonyl (C=O) groups is 1. The minimum Gasteiger partial charge on any atom is -0.493 e. The Kier molecular flexibility index (Phi) is 5.93. The minimum atomic E-state index is -0.173. The number of hydrogen-bond donors (Lipinski definition) is 1. The van der Waals surface area contributed by atoms with E-state index in [4.69, 9.17) is 25.5 Å². The van der Waals surface area contributed by atoms with Crippen LogP contribution in [0.3, 0.4) is 0 Å². The Morgan fingerprint density at radius 2 is 1.81 bits per heavy atom. The summed E-state index contributed by atoms with van der Waals surface area (Å²) in [4.78, 5) is 12.2. The summed E-state index contributed by atoms with van der Waals surface area (Å²) in [5, 5.41) is 11.4. The standard InChI is InChI=1S/C19H18ClN3O4/c1-25-15-8-7-14(11-16(15)26-2)21-17(24)9-10-18-22-23-19(27-18)12-3-5-13(20)6-4-12/h3-8,11H,9-10H2,1-2H3,(H,21,24). The normalized spacial score (nSPS) is 10.5. The zero-order valence-electron chi connectivity index (χ0n) is 14.9. The number of nitrogens with zero attached hydrogens (tertiary/aromatic N) is 2. The molecule has 3 rings (SSSR count). The number of aryl methyl sites for hydroxylation is 1. The van der Waals surface area contributed by atoms with E-state index >= 15 is 0 Å². The quantitative estimate of drug-likeness (QED) is 0.659. The molecular weight excluding hydrogens is 370 g/mol. The molecule has 0 aliphatic heterocycles. The van der Waals surface area contributed by atoms with Crippen molar-refractivity contribution in [2.75, 3.05) is 19.5 Å². The first-order chi connectivity index (χ1) is 13.1. The van der Waals surface area contributed by atoms with Gasteiger partial charge in [0, 0.05) is 35.2 Å². The third-order valence-electron chi connectivity index (χ3n) is 3.79. The Labute approximate surface area is 161 Å². The summed E-state index contributed by atoms with van der Waals surface area (Å²) in [6.45, 7) is 0. The number of carbonyl (C=O) groups excluding carboxylic acids is 1. The Morgan fingerprint density at radius 3 is 2.52 bits per heavy atom. The summed E-state index contributed by atoms with van der Waals surface area (Å²) in [7, 11) is 3.09. The molecule has 7 nitrogen and oxygen atoms in total. The molecule has 0 spiro atoms. The molecule has 8 heteroatoms. The number of halogens is 1. The predicted molar refractivity (Wildman–Crippen MR) is 101 cm³/mol. The van der Waals surface area contributed by atoms with Crippen molar-refractivity contribution in [3.05, 3.63) is 53.4 Å². The van der Waals surface area contributed by atoms with Gasteiger partial charge >= 0.3 is 0 Å². The zero-order chi connectivity index (χ0) is 19.2. The number of hydrogen-bond acceptors (Lipinski definition) is 6. The fourth-order valence-electron chi connectivity index (χ4n) is 2.42. The van der Waals surface area contributed by atoms with Crippen LogP contribution in [-0.2, 0) is 11.2 Å². The summed E-state index contributed by atoms with van der Waals surface area (Å²) in [6, 6.07) is 12.2. The highest BCUT2D eigenvalue weighted by atomic mass is 35.5. The third-order valence-corrected chi connectivity index (χ3v) is 4.04. The lowest BCUT2D eigenvalue weighted by molar-refractivity contribution is -0.116. The summed E-state index contributed by atoms with van der Waals surface area (Å²) in [5.41, 5.74) is 1.39. The fraction of sp³-hybridized carbons (Fsp3) is 0.211. The van der Waals surface area contributed by atoms with E-state index in [0.717, 1.165) is 5.56 Å². The number of nitrogens with one attached hydrogen (secondary N) is 1. The molecule has 1 N–H and O–H groups in total. The van der Waals surface area contributed by atoms with Gasteiger partial charge < -0.3 is 19.2 Å². The molecule has 2 aromatic carbocycles. The van der Waals surface area contributed by atoms with E-state index in [2.05, 4.69) is 15.5 Å². The lowest BCUT2D eigenvalue weighted by Crippen LogP contribution is -2.12. The first-order valence-corrected chi connectivity index (χ1v) is 8.57. The third kappa shape index (κ3) is 4.77. The van der Waals surface area contributed by atoms with Crippen LogP contribution in [0, 0.1) is 0 Å². The highest BCUT2D eigenvalue weighted by Gasteiger charge is 2.12. The van der Waals surface area contributed by atoms with Crippen molar-refractivity contribution in [1.29, 1.82) is 0 Å². The van der Waals surface area contributed by atoms with Crippen LogP contribution in [0.15, 0.2) is 46.9 Å². The van der Waals surface area contributed by atoms with Crippen molar-refractivity contribution in [1.82, 2.24) is 10.2 Å². The molecule has 1 amide bonds. The number of anilines is 1. The molecule has 0 bridgehead atoms. The van der Waals surface area contributed by atoms with E-state index in [-0.39, 0.29) is 12.3 Å². The number of aromatic nitrogens is 2. The van der Waals surface area contributed by atoms with Crippen molar-refractivity contribution in [2.45, 2.75) is 12.8 Å². The number of amides is 1. The van der Waals surface area contributed by atoms with Gasteiger partial charge in [-0.05, 0) is 36.4 Å². The molecule has 27 heavy (non-hydrogen) atoms. The average Bonchev–Trinajstić information content (AvgIpc) is 3.16. The number of methoxy groups -OCH3 is 2. The maximum Gasteiger partial charge on any atom is 0.247 e. The van der Waals surface area contributed by atoms with Crippen molar-refractivity contribution < 1.29 is 18.7 Å². The molecule has 0 saturated carbocycles. The van der Waals surface area contributed by atoms with E-state index in [0.29, 0.717) is 40.4 Å². The van der Waals surface area contributed by atoms with E-state index in [9.17, 15) is 4.79 Å². The summed E-state index contributed by atoms with van der Waals surface area (Å²) in [5.74, 6) is 1.74. The number of ether oxygens (including phenoxy) is 2. The molecule has 0 fully saturated rings. The van der Waals surface area contributed by atoms with Crippen LogP contribution in [0.4, 0.5) is 5.69 Å². The van der Waals surface area contributed by atoms with Crippen LogP contribution in [0.5, 0.6) is 11.5 Å². The minimum absolute atomic E-state index is 0.173. The second kappa shape index (κ2) is 8.55. The first kappa shape index (κ1) is 18.7. The lowest BCUT2D eigenvalue weighted by Gasteiger charge is -2.10. The van der Waals surface area contributed by atoms with Crippen LogP contribution < -0.4 is 14.8 Å². The van der Waals surface area contributed by atoms with E-state index < -0.39 is 0 Å². The molecule has 0 atom stereocenters. The van der Waals surface area contributed by atoms with Gasteiger partial charge in [0.2, 0.25) is 17.7 Å². The van der Waals surface area contributed by atoms with Gasteiger partial charge in [0.15, 0.2) is 11.5 Å². The molecule has 0 aliphatic carbocycles. The van der Waals surface area contributed by atoms with Gasteiger partial charge in [-0.25, -0.2) is 0 Å². The summed E-state index contributed by atoms with van der Waals surface area (Å²) < 4.78 is 16.0. The second-order valence-electron chi connectivity index (χ2n) is 5.63. The molecular formula is C19H18ClN3O4. The second-order valence-corrected chi connectivity index (χ2v) is 6.06. The van der Waals surface area contributed by atoms with Crippen molar-refractivity contribution in [3.63, 3.8) is 0 Å². The smallest absolute Gasteiger partial charge is 0.247 e. The van der Waals surface area contributed by atoms with Gasteiger partial charge in [-0.1, -0.05) is 11.6 Å². The van der Waals surface area contributed by atoms with Gasteiger partial charge in [0.1, 0.15) is 0 Å². The topological polar surface area (TPSA) is 86.5 Å². The largest absolute Gasteiger partial charge is 0.493 e. The van der Waals surface area contributed by atoms with E-state index in [1.807, 2.05) is 0 Å². The van der Waals surface area contributed by atoms with Crippen LogP contribution >= 0.6 is 11.6 Å². The summed E-state index contributed by atoms with van der Waals surface area (Å²) in [6.07, 6.45) is 0.538. The molecule has 1 heterocycles. The van der Waals surface area contributed by atoms with Gasteiger partial charge in [-0.15, -0.1) is 10.2 Å². The fourth-order valence-corrected chi connectivity index (χ4v) is 2.55. The van der Waals surface area contributed by atoms with E-state index in [1.54, 1.807) is 49.6 Å². The Morgan fingerprint density at radius 1 is 1.07 bits per heavy atom. The average molecular weight is 388 g/mol. The monoisotopic (exact) mass is 387 g/mol. The van der Waals surface area contributed by atoms with Crippen LogP contribution in [0.2, 0.25) is 5.02 Å². The van der Waals surface area contributed by atoms with Gasteiger partial charge in [0.25, 0.3) is 0 Å². The predicted octanol–water partition coefficient (Wildman–Crippen LogP) is 3.98. The van der Waals surface area contributed by atoms with Crippen LogP contribution in [0.25, 0.3) is 11.5 Å². The maximum absolute atomic E-state index is 12.2. The van der Waals surface area contributed by atoms with Crippen LogP contribution in [0.1, 0.15) is 12.3 Å². The molecule has 140 valence electrons. The molecule has 0 radical (unpaired) electrons. The van der Waals surface area contributed by atoms with Gasteiger partial charge in [-0.3, -0.25) is 4.79 Å². The summed E-state index contributed by atoms with van der Waals surface area (Å²) >= 11 is 5.87. The van der Waals surface area contributed by atoms with Gasteiger partial charge in [0.05, 0.1) is 14.2 Å². The molecule has 0 aliphatic rings. The Hall–Kier alpha value is -3.06. The van der Waals surface area contributed by atoms with Crippen molar-refractivity contribution >= 4 is 23.2 Å². The molecule has 1 aromatic heterocycles. The maximum atomic E-state index is 12.2. The van der Waals surface area contributed by atoms with Crippen LogP contribution in [-0.4, -0.2) is 30.3 Å². The number of rotatable bonds is 7. The number of benzene rings is 2. The zero-order valence-corrected chi connectivity index (χ0v) is 15.6. The molecule has 0 saturated heterocycles. The van der Waals surface area contributed by atoms with Gasteiger partial charge in [-0.2, -0.15) is 0 Å².